The smallest absolute Gasteiger partial charge is 0.276 e. The molecule has 0 bridgehead atoms. The summed E-state index contributed by atoms with van der Waals surface area (Å²) >= 11 is 0. The van der Waals surface area contributed by atoms with Crippen LogP contribution in [0.2, 0.25) is 0 Å². The van der Waals surface area contributed by atoms with Crippen molar-refractivity contribution in [1.82, 2.24) is 0 Å². The van der Waals surface area contributed by atoms with Crippen molar-refractivity contribution in [3.63, 3.8) is 0 Å². The van der Waals surface area contributed by atoms with Crippen molar-refractivity contribution >= 4 is 23.4 Å². The normalized spacial score (nSPS) is 10.6. The molecule has 108 valence electrons. The van der Waals surface area contributed by atoms with E-state index in [1.54, 1.807) is 42.5 Å². The molecule has 0 atom stereocenters. The molecule has 0 aromatic heterocycles. The van der Waals surface area contributed by atoms with E-state index in [-0.39, 0.29) is 16.8 Å². The molecule has 0 aliphatic heterocycles. The summed E-state index contributed by atoms with van der Waals surface area (Å²) in [5.41, 5.74) is 0.365. The molecule has 1 N–H and O–H groups in total. The van der Waals surface area contributed by atoms with Gasteiger partial charge in [0.25, 0.3) is 11.6 Å². The van der Waals surface area contributed by atoms with E-state index in [2.05, 4.69) is 5.32 Å². The molecule has 0 aliphatic carbocycles. The van der Waals surface area contributed by atoms with Crippen LogP contribution in [0.3, 0.4) is 0 Å². The van der Waals surface area contributed by atoms with Crippen LogP contribution in [0.25, 0.3) is 6.08 Å². The fourth-order valence-corrected chi connectivity index (χ4v) is 1.80. The van der Waals surface area contributed by atoms with Gasteiger partial charge in [-0.1, -0.05) is 30.3 Å². The number of nitrogens with zero attached hydrogens (tertiary/aromatic N) is 2. The molecule has 2 aromatic carbocycles. The second-order valence-corrected chi connectivity index (χ2v) is 4.31. The molecule has 2 rings (SSSR count). The minimum Gasteiger partial charge on any atom is -0.321 e. The van der Waals surface area contributed by atoms with Crippen molar-refractivity contribution in [2.24, 2.45) is 0 Å². The fourth-order valence-electron chi connectivity index (χ4n) is 1.80. The van der Waals surface area contributed by atoms with Crippen molar-refractivity contribution in [2.75, 3.05) is 5.32 Å². The van der Waals surface area contributed by atoms with E-state index >= 15 is 0 Å². The quantitative estimate of drug-likeness (QED) is 0.405. The maximum absolute atomic E-state index is 12.1. The van der Waals surface area contributed by atoms with Crippen LogP contribution in [0.4, 0.5) is 11.4 Å². The molecule has 2 aromatic rings. The second kappa shape index (κ2) is 6.81. The van der Waals surface area contributed by atoms with Gasteiger partial charge in [0.05, 0.1) is 10.5 Å². The zero-order valence-corrected chi connectivity index (χ0v) is 11.4. The summed E-state index contributed by atoms with van der Waals surface area (Å²) in [6.45, 7) is 0. The molecule has 0 spiro atoms. The SMILES string of the molecule is N#C/C(=C\c1ccccc1[N+](=O)[O-])C(=O)Nc1ccccc1. The Morgan fingerprint density at radius 3 is 2.41 bits per heavy atom. The Kier molecular flexibility index (Phi) is 4.63. The van der Waals surface area contributed by atoms with Crippen LogP contribution >= 0.6 is 0 Å². The number of nitro benzene ring substituents is 1. The summed E-state index contributed by atoms with van der Waals surface area (Å²) in [6, 6.07) is 16.3. The number of hydrogen-bond acceptors (Lipinski definition) is 4. The monoisotopic (exact) mass is 293 g/mol. The number of nitro groups is 1. The first-order valence-corrected chi connectivity index (χ1v) is 6.33. The van der Waals surface area contributed by atoms with Crippen LogP contribution in [0.5, 0.6) is 0 Å². The highest BCUT2D eigenvalue weighted by Crippen LogP contribution is 2.21. The summed E-state index contributed by atoms with van der Waals surface area (Å²) < 4.78 is 0. The van der Waals surface area contributed by atoms with Crippen LogP contribution in [-0.2, 0) is 4.79 Å². The molecule has 0 unspecified atom stereocenters. The summed E-state index contributed by atoms with van der Waals surface area (Å²) in [5, 5.41) is 22.6. The van der Waals surface area contributed by atoms with E-state index in [0.29, 0.717) is 5.69 Å². The highest BCUT2D eigenvalue weighted by atomic mass is 16.6. The molecule has 0 radical (unpaired) electrons. The molecular formula is C16H11N3O3. The number of carbonyl (C=O) groups is 1. The van der Waals surface area contributed by atoms with Crippen LogP contribution in [0, 0.1) is 21.4 Å². The van der Waals surface area contributed by atoms with E-state index in [9.17, 15) is 14.9 Å². The number of para-hydroxylation sites is 2. The molecule has 0 saturated carbocycles. The molecule has 0 saturated heterocycles. The Balaban J connectivity index is 2.30. The maximum Gasteiger partial charge on any atom is 0.276 e. The van der Waals surface area contributed by atoms with E-state index in [1.807, 2.05) is 0 Å². The second-order valence-electron chi connectivity index (χ2n) is 4.31. The lowest BCUT2D eigenvalue weighted by Gasteiger charge is -2.04. The van der Waals surface area contributed by atoms with Gasteiger partial charge in [0.1, 0.15) is 11.6 Å². The van der Waals surface area contributed by atoms with Crippen LogP contribution in [0.1, 0.15) is 5.56 Å². The van der Waals surface area contributed by atoms with E-state index in [1.165, 1.54) is 24.3 Å². The van der Waals surface area contributed by atoms with E-state index in [0.717, 1.165) is 0 Å². The predicted molar refractivity (Wildman–Crippen MR) is 81.8 cm³/mol. The molecule has 6 nitrogen and oxygen atoms in total. The van der Waals surface area contributed by atoms with E-state index in [4.69, 9.17) is 5.26 Å². The first-order valence-electron chi connectivity index (χ1n) is 6.33. The minimum absolute atomic E-state index is 0.164. The number of rotatable bonds is 4. The summed E-state index contributed by atoms with van der Waals surface area (Å²) in [5.74, 6) is -0.619. The lowest BCUT2D eigenvalue weighted by molar-refractivity contribution is -0.385. The zero-order valence-electron chi connectivity index (χ0n) is 11.4. The lowest BCUT2D eigenvalue weighted by atomic mass is 10.1. The minimum atomic E-state index is -0.619. The Hall–Kier alpha value is -3.46. The number of nitrogens with one attached hydrogen (secondary N) is 1. The number of benzene rings is 2. The standard InChI is InChI=1S/C16H11N3O3/c17-11-13(16(20)18-14-7-2-1-3-8-14)10-12-6-4-5-9-15(12)19(21)22/h1-10H,(H,18,20)/b13-10+. The van der Waals surface area contributed by atoms with Crippen molar-refractivity contribution in [2.45, 2.75) is 0 Å². The van der Waals surface area contributed by atoms with Gasteiger partial charge in [-0.25, -0.2) is 0 Å². The average molecular weight is 293 g/mol. The Morgan fingerprint density at radius 2 is 1.77 bits per heavy atom. The highest BCUT2D eigenvalue weighted by Gasteiger charge is 2.14. The summed E-state index contributed by atoms with van der Waals surface area (Å²) in [6.07, 6.45) is 1.20. The van der Waals surface area contributed by atoms with Crippen LogP contribution in [0.15, 0.2) is 60.2 Å². The zero-order chi connectivity index (χ0) is 15.9. The van der Waals surface area contributed by atoms with Gasteiger partial charge in [-0.05, 0) is 24.3 Å². The van der Waals surface area contributed by atoms with Gasteiger partial charge in [-0.2, -0.15) is 5.26 Å². The van der Waals surface area contributed by atoms with Crippen LogP contribution < -0.4 is 5.32 Å². The molecular weight excluding hydrogens is 282 g/mol. The fraction of sp³-hybridized carbons (Fsp3) is 0. The Bertz CT molecular complexity index is 777. The number of hydrogen-bond donors (Lipinski definition) is 1. The van der Waals surface area contributed by atoms with Gasteiger partial charge in [-0.3, -0.25) is 14.9 Å². The predicted octanol–water partition coefficient (Wildman–Crippen LogP) is 3.14. The molecule has 22 heavy (non-hydrogen) atoms. The molecule has 0 aliphatic rings. The molecule has 0 heterocycles. The van der Waals surface area contributed by atoms with Crippen molar-refractivity contribution in [3.05, 3.63) is 75.8 Å². The molecule has 1 amide bonds. The Labute approximate surface area is 126 Å². The van der Waals surface area contributed by atoms with Gasteiger partial charge >= 0.3 is 0 Å². The first kappa shape index (κ1) is 14.9. The topological polar surface area (TPSA) is 96.0 Å². The number of amides is 1. The van der Waals surface area contributed by atoms with Gasteiger partial charge < -0.3 is 5.32 Å². The third-order valence-electron chi connectivity index (χ3n) is 2.83. The third-order valence-corrected chi connectivity index (χ3v) is 2.83. The maximum atomic E-state index is 12.1. The number of carbonyl (C=O) groups excluding carboxylic acids is 1. The summed E-state index contributed by atoms with van der Waals surface area (Å²) in [4.78, 5) is 22.4. The number of anilines is 1. The van der Waals surface area contributed by atoms with Gasteiger partial charge in [-0.15, -0.1) is 0 Å². The van der Waals surface area contributed by atoms with Crippen molar-refractivity contribution in [1.29, 1.82) is 5.26 Å². The Morgan fingerprint density at radius 1 is 1.14 bits per heavy atom. The van der Waals surface area contributed by atoms with Crippen molar-refractivity contribution < 1.29 is 9.72 Å². The number of nitriles is 1. The average Bonchev–Trinajstić information content (AvgIpc) is 2.53. The van der Waals surface area contributed by atoms with Gasteiger partial charge in [0.2, 0.25) is 0 Å². The van der Waals surface area contributed by atoms with Crippen molar-refractivity contribution in [3.8, 4) is 6.07 Å². The lowest BCUT2D eigenvalue weighted by Crippen LogP contribution is -2.13. The molecule has 0 fully saturated rings. The highest BCUT2D eigenvalue weighted by molar-refractivity contribution is 6.09. The van der Waals surface area contributed by atoms with E-state index < -0.39 is 10.8 Å². The first-order chi connectivity index (χ1) is 10.6. The largest absolute Gasteiger partial charge is 0.321 e. The van der Waals surface area contributed by atoms with Gasteiger partial charge in [0, 0.05) is 11.8 Å². The molecule has 6 heteroatoms. The van der Waals surface area contributed by atoms with Gasteiger partial charge in [0.15, 0.2) is 0 Å². The summed E-state index contributed by atoms with van der Waals surface area (Å²) in [7, 11) is 0. The van der Waals surface area contributed by atoms with Crippen LogP contribution in [-0.4, -0.2) is 10.8 Å². The third kappa shape index (κ3) is 3.55.